The first-order chi connectivity index (χ1) is 10.1. The number of hydrogen-bond acceptors (Lipinski definition) is 2. The fourth-order valence-electron chi connectivity index (χ4n) is 1.82. The molecule has 0 saturated heterocycles. The molecule has 1 N–H and O–H groups in total. The lowest BCUT2D eigenvalue weighted by Crippen LogP contribution is -2.14. The van der Waals surface area contributed by atoms with Gasteiger partial charge in [-0.05, 0) is 43.7 Å². The Bertz CT molecular complexity index is 623. The van der Waals surface area contributed by atoms with Crippen LogP contribution in [-0.2, 0) is 0 Å². The summed E-state index contributed by atoms with van der Waals surface area (Å²) in [5.41, 5.74) is 3.93. The molecule has 21 heavy (non-hydrogen) atoms. The van der Waals surface area contributed by atoms with Crippen molar-refractivity contribution in [2.75, 3.05) is 18.9 Å². The SMILES string of the molecule is CCN(C)C=Nc1cc(C)c(Nc2ccccc2)cc1Cl. The second kappa shape index (κ2) is 7.14. The first-order valence-corrected chi connectivity index (χ1v) is 7.34. The predicted octanol–water partition coefficient (Wildman–Crippen LogP) is 5.00. The van der Waals surface area contributed by atoms with Crippen molar-refractivity contribution in [3.8, 4) is 0 Å². The number of rotatable bonds is 5. The van der Waals surface area contributed by atoms with E-state index in [-0.39, 0.29) is 0 Å². The predicted molar refractivity (Wildman–Crippen MR) is 92.4 cm³/mol. The lowest BCUT2D eigenvalue weighted by molar-refractivity contribution is 0.552. The maximum atomic E-state index is 6.32. The van der Waals surface area contributed by atoms with Crippen LogP contribution in [0.25, 0.3) is 0 Å². The smallest absolute Gasteiger partial charge is 0.0910 e. The number of aliphatic imine (C=N–C) groups is 1. The van der Waals surface area contributed by atoms with Crippen LogP contribution in [0.15, 0.2) is 47.5 Å². The van der Waals surface area contributed by atoms with Gasteiger partial charge in [0.25, 0.3) is 0 Å². The van der Waals surface area contributed by atoms with Gasteiger partial charge in [-0.3, -0.25) is 0 Å². The van der Waals surface area contributed by atoms with Crippen LogP contribution in [0.4, 0.5) is 17.1 Å². The molecule has 110 valence electrons. The molecule has 0 fully saturated rings. The van der Waals surface area contributed by atoms with Crippen molar-refractivity contribution in [3.05, 3.63) is 53.1 Å². The first kappa shape index (κ1) is 15.4. The topological polar surface area (TPSA) is 27.6 Å². The van der Waals surface area contributed by atoms with Crippen LogP contribution in [0.2, 0.25) is 5.02 Å². The van der Waals surface area contributed by atoms with Crippen LogP contribution in [0, 0.1) is 6.92 Å². The average Bonchev–Trinajstić information content (AvgIpc) is 2.50. The quantitative estimate of drug-likeness (QED) is 0.621. The van der Waals surface area contributed by atoms with Crippen molar-refractivity contribution in [2.45, 2.75) is 13.8 Å². The third-order valence-corrected chi connectivity index (χ3v) is 3.54. The highest BCUT2D eigenvalue weighted by Crippen LogP contribution is 2.32. The molecule has 0 aliphatic heterocycles. The van der Waals surface area contributed by atoms with Crippen LogP contribution in [0.5, 0.6) is 0 Å². The van der Waals surface area contributed by atoms with Gasteiger partial charge in [0.2, 0.25) is 0 Å². The van der Waals surface area contributed by atoms with E-state index in [0.29, 0.717) is 5.02 Å². The second-order valence-electron chi connectivity index (χ2n) is 4.93. The molecule has 0 amide bonds. The maximum Gasteiger partial charge on any atom is 0.0910 e. The Balaban J connectivity index is 2.23. The molecule has 0 aromatic heterocycles. The van der Waals surface area contributed by atoms with Crippen LogP contribution in [0.3, 0.4) is 0 Å². The maximum absolute atomic E-state index is 6.32. The van der Waals surface area contributed by atoms with Gasteiger partial charge in [0.15, 0.2) is 0 Å². The summed E-state index contributed by atoms with van der Waals surface area (Å²) in [5, 5.41) is 4.01. The molecule has 0 bridgehead atoms. The third kappa shape index (κ3) is 4.23. The Morgan fingerprint density at radius 3 is 2.62 bits per heavy atom. The van der Waals surface area contributed by atoms with E-state index in [0.717, 1.165) is 29.2 Å². The van der Waals surface area contributed by atoms with E-state index in [4.69, 9.17) is 11.6 Å². The summed E-state index contributed by atoms with van der Waals surface area (Å²) in [6.45, 7) is 5.03. The van der Waals surface area contributed by atoms with Crippen molar-refractivity contribution in [1.82, 2.24) is 4.90 Å². The standard InChI is InChI=1S/C17H20ClN3/c1-4-21(3)12-19-17-10-13(2)16(11-15(17)18)20-14-8-6-5-7-9-14/h5-12,20H,4H2,1-3H3. The van der Waals surface area contributed by atoms with E-state index in [2.05, 4.69) is 17.2 Å². The Hall–Kier alpha value is -2.00. The molecule has 3 nitrogen and oxygen atoms in total. The van der Waals surface area contributed by atoms with Gasteiger partial charge in [-0.2, -0.15) is 0 Å². The van der Waals surface area contributed by atoms with E-state index in [1.54, 1.807) is 6.34 Å². The largest absolute Gasteiger partial charge is 0.366 e. The van der Waals surface area contributed by atoms with Gasteiger partial charge in [0.1, 0.15) is 0 Å². The summed E-state index contributed by atoms with van der Waals surface area (Å²) in [4.78, 5) is 6.43. The lowest BCUT2D eigenvalue weighted by atomic mass is 10.1. The summed E-state index contributed by atoms with van der Waals surface area (Å²) in [7, 11) is 1.98. The van der Waals surface area contributed by atoms with Gasteiger partial charge >= 0.3 is 0 Å². The summed E-state index contributed by atoms with van der Waals surface area (Å²) < 4.78 is 0. The van der Waals surface area contributed by atoms with Gasteiger partial charge in [0.05, 0.1) is 17.0 Å². The highest BCUT2D eigenvalue weighted by atomic mass is 35.5. The Morgan fingerprint density at radius 2 is 1.95 bits per heavy atom. The van der Waals surface area contributed by atoms with E-state index >= 15 is 0 Å². The van der Waals surface area contributed by atoms with E-state index in [1.165, 1.54) is 0 Å². The molecule has 0 saturated carbocycles. The Morgan fingerprint density at radius 1 is 1.24 bits per heavy atom. The minimum Gasteiger partial charge on any atom is -0.366 e. The summed E-state index contributed by atoms with van der Waals surface area (Å²) in [6, 6.07) is 13.9. The molecule has 0 atom stereocenters. The third-order valence-electron chi connectivity index (χ3n) is 3.24. The molecule has 0 spiro atoms. The minimum absolute atomic E-state index is 0.639. The summed E-state index contributed by atoms with van der Waals surface area (Å²) in [6.07, 6.45) is 1.80. The van der Waals surface area contributed by atoms with Crippen molar-refractivity contribution in [1.29, 1.82) is 0 Å². The number of para-hydroxylation sites is 1. The van der Waals surface area contributed by atoms with Crippen LogP contribution in [-0.4, -0.2) is 24.8 Å². The number of nitrogens with one attached hydrogen (secondary N) is 1. The summed E-state index contributed by atoms with van der Waals surface area (Å²) >= 11 is 6.32. The monoisotopic (exact) mass is 301 g/mol. The van der Waals surface area contributed by atoms with E-state index in [1.807, 2.05) is 61.3 Å². The van der Waals surface area contributed by atoms with Crippen LogP contribution >= 0.6 is 11.6 Å². The average molecular weight is 302 g/mol. The number of benzene rings is 2. The zero-order valence-corrected chi connectivity index (χ0v) is 13.4. The van der Waals surface area contributed by atoms with E-state index in [9.17, 15) is 0 Å². The molecule has 0 aliphatic carbocycles. The van der Waals surface area contributed by atoms with Gasteiger partial charge in [-0.1, -0.05) is 29.8 Å². The van der Waals surface area contributed by atoms with Crippen molar-refractivity contribution in [2.24, 2.45) is 4.99 Å². The first-order valence-electron chi connectivity index (χ1n) is 6.96. The van der Waals surface area contributed by atoms with Crippen LogP contribution < -0.4 is 5.32 Å². The molecule has 0 aliphatic rings. The molecule has 0 radical (unpaired) electrons. The molecule has 2 aromatic carbocycles. The highest BCUT2D eigenvalue weighted by Gasteiger charge is 2.05. The minimum atomic E-state index is 0.639. The van der Waals surface area contributed by atoms with Gasteiger partial charge in [0, 0.05) is 25.0 Å². The Labute approximate surface area is 131 Å². The number of nitrogens with zero attached hydrogens (tertiary/aromatic N) is 2. The molecule has 2 aromatic rings. The van der Waals surface area contributed by atoms with Gasteiger partial charge in [-0.25, -0.2) is 4.99 Å². The lowest BCUT2D eigenvalue weighted by Gasteiger charge is -2.12. The van der Waals surface area contributed by atoms with Gasteiger partial charge < -0.3 is 10.2 Å². The molecule has 0 heterocycles. The van der Waals surface area contributed by atoms with Gasteiger partial charge in [-0.15, -0.1) is 0 Å². The molecular weight excluding hydrogens is 282 g/mol. The fourth-order valence-corrected chi connectivity index (χ4v) is 2.03. The van der Waals surface area contributed by atoms with Crippen molar-refractivity contribution < 1.29 is 0 Å². The second-order valence-corrected chi connectivity index (χ2v) is 5.33. The molecule has 0 unspecified atom stereocenters. The zero-order chi connectivity index (χ0) is 15.2. The molecular formula is C17H20ClN3. The van der Waals surface area contributed by atoms with E-state index < -0.39 is 0 Å². The summed E-state index contributed by atoms with van der Waals surface area (Å²) in [5.74, 6) is 0. The zero-order valence-electron chi connectivity index (χ0n) is 12.6. The van der Waals surface area contributed by atoms with Crippen molar-refractivity contribution in [3.63, 3.8) is 0 Å². The molecule has 2 rings (SSSR count). The van der Waals surface area contributed by atoms with Crippen molar-refractivity contribution >= 4 is 35.0 Å². The highest BCUT2D eigenvalue weighted by molar-refractivity contribution is 6.33. The number of hydrogen-bond donors (Lipinski definition) is 1. The number of aryl methyl sites for hydroxylation is 1. The van der Waals surface area contributed by atoms with Crippen LogP contribution in [0.1, 0.15) is 12.5 Å². The Kier molecular flexibility index (Phi) is 5.23. The molecule has 4 heteroatoms. The normalized spacial score (nSPS) is 10.9. The fraction of sp³-hybridized carbons (Fsp3) is 0.235. The number of halogens is 1. The number of anilines is 2.